The summed E-state index contributed by atoms with van der Waals surface area (Å²) in [5.74, 6) is 0.843. The predicted molar refractivity (Wildman–Crippen MR) is 135 cm³/mol. The summed E-state index contributed by atoms with van der Waals surface area (Å²) in [5.41, 5.74) is 0.900. The van der Waals surface area contributed by atoms with E-state index < -0.39 is 12.1 Å². The maximum absolute atomic E-state index is 13.3. The van der Waals surface area contributed by atoms with Crippen LogP contribution in [0, 0.1) is 0 Å². The fraction of sp³-hybridized carbons (Fsp3) is 0.360. The number of aromatic nitrogens is 2. The first-order valence-electron chi connectivity index (χ1n) is 11.1. The smallest absolute Gasteiger partial charge is 0.347 e. The zero-order chi connectivity index (χ0) is 24.7. The van der Waals surface area contributed by atoms with Crippen LogP contribution in [0.5, 0.6) is 11.5 Å². The van der Waals surface area contributed by atoms with Crippen LogP contribution in [0.4, 0.5) is 0 Å². The van der Waals surface area contributed by atoms with Gasteiger partial charge in [-0.05, 0) is 50.6 Å². The van der Waals surface area contributed by atoms with Crippen molar-refractivity contribution in [2.75, 3.05) is 13.7 Å². The lowest BCUT2D eigenvalue weighted by Crippen LogP contribution is -2.26. The van der Waals surface area contributed by atoms with Crippen molar-refractivity contribution < 1.29 is 19.0 Å². The minimum absolute atomic E-state index is 0.251. The first-order chi connectivity index (χ1) is 16.4. The summed E-state index contributed by atoms with van der Waals surface area (Å²) in [6, 6.07) is 10.7. The highest BCUT2D eigenvalue weighted by Gasteiger charge is 2.20. The van der Waals surface area contributed by atoms with Crippen molar-refractivity contribution in [1.29, 1.82) is 0 Å². The molecule has 34 heavy (non-hydrogen) atoms. The van der Waals surface area contributed by atoms with Crippen molar-refractivity contribution in [1.82, 2.24) is 9.66 Å². The SMILES string of the molecule is CCCCc1nc2ccc(Br)cc2c(=O)n1N=Cc1cccc(OC)c1O[C@@H](C)C(=O)OCC. The number of fused-ring (bicyclic) bond motifs is 1. The van der Waals surface area contributed by atoms with E-state index in [0.29, 0.717) is 40.2 Å². The molecule has 0 saturated heterocycles. The monoisotopic (exact) mass is 529 g/mol. The highest BCUT2D eigenvalue weighted by atomic mass is 79.9. The Bertz CT molecular complexity index is 1260. The number of methoxy groups -OCH3 is 1. The molecule has 0 aliphatic carbocycles. The van der Waals surface area contributed by atoms with E-state index in [2.05, 4.69) is 32.9 Å². The Morgan fingerprint density at radius 2 is 2.06 bits per heavy atom. The highest BCUT2D eigenvalue weighted by molar-refractivity contribution is 9.10. The number of hydrogen-bond donors (Lipinski definition) is 0. The number of halogens is 1. The Morgan fingerprint density at radius 1 is 1.26 bits per heavy atom. The van der Waals surface area contributed by atoms with Crippen LogP contribution in [-0.4, -0.2) is 41.7 Å². The Labute approximate surface area is 206 Å². The molecule has 1 atom stereocenters. The first kappa shape index (κ1) is 25.4. The van der Waals surface area contributed by atoms with Crippen molar-refractivity contribution in [3.8, 4) is 11.5 Å². The van der Waals surface area contributed by atoms with Gasteiger partial charge in [0.1, 0.15) is 5.82 Å². The van der Waals surface area contributed by atoms with E-state index in [9.17, 15) is 9.59 Å². The number of hydrogen-bond acceptors (Lipinski definition) is 7. The minimum atomic E-state index is -0.856. The normalized spacial score (nSPS) is 12.1. The van der Waals surface area contributed by atoms with Crippen molar-refractivity contribution in [3.05, 3.63) is 62.6 Å². The molecular formula is C25H28BrN3O5. The summed E-state index contributed by atoms with van der Waals surface area (Å²) in [5, 5.41) is 4.95. The van der Waals surface area contributed by atoms with Crippen LogP contribution in [0.3, 0.4) is 0 Å². The van der Waals surface area contributed by atoms with Gasteiger partial charge in [-0.3, -0.25) is 4.79 Å². The number of nitrogens with zero attached hydrogens (tertiary/aromatic N) is 3. The third-order valence-electron chi connectivity index (χ3n) is 5.08. The molecule has 0 aliphatic rings. The molecule has 0 fully saturated rings. The molecule has 1 aromatic heterocycles. The quantitative estimate of drug-likeness (QED) is 0.278. The van der Waals surface area contributed by atoms with Gasteiger partial charge in [-0.1, -0.05) is 35.3 Å². The number of ether oxygens (including phenoxy) is 3. The Kier molecular flexibility index (Phi) is 8.81. The van der Waals surface area contributed by atoms with E-state index in [1.807, 2.05) is 12.1 Å². The second-order valence-electron chi connectivity index (χ2n) is 7.55. The molecule has 0 spiro atoms. The number of unbranched alkanes of at least 4 members (excludes halogenated alkanes) is 1. The summed E-state index contributed by atoms with van der Waals surface area (Å²) < 4.78 is 18.5. The third kappa shape index (κ3) is 5.83. The van der Waals surface area contributed by atoms with E-state index in [4.69, 9.17) is 14.2 Å². The third-order valence-corrected chi connectivity index (χ3v) is 5.58. The van der Waals surface area contributed by atoms with Gasteiger partial charge in [0, 0.05) is 16.5 Å². The van der Waals surface area contributed by atoms with Crippen LogP contribution in [0.1, 0.15) is 45.0 Å². The predicted octanol–water partition coefficient (Wildman–Crippen LogP) is 4.72. The standard InChI is InChI=1S/C25H28BrN3O5/c1-5-7-11-22-28-20-13-12-18(26)14-19(20)24(30)29(22)27-15-17-9-8-10-21(32-4)23(17)34-16(3)25(31)33-6-2/h8-10,12-16H,5-7,11H2,1-4H3/t16-/m0/s1. The van der Waals surface area contributed by atoms with Crippen LogP contribution in [0.25, 0.3) is 10.9 Å². The molecule has 0 N–H and O–H groups in total. The molecule has 2 aromatic carbocycles. The van der Waals surface area contributed by atoms with Crippen molar-refractivity contribution in [2.24, 2.45) is 5.10 Å². The first-order valence-corrected chi connectivity index (χ1v) is 11.9. The number of para-hydroxylation sites is 1. The largest absolute Gasteiger partial charge is 0.493 e. The number of esters is 1. The minimum Gasteiger partial charge on any atom is -0.493 e. The Balaban J connectivity index is 2.08. The van der Waals surface area contributed by atoms with Gasteiger partial charge in [0.15, 0.2) is 17.6 Å². The second kappa shape index (κ2) is 11.8. The van der Waals surface area contributed by atoms with Crippen molar-refractivity contribution in [2.45, 2.75) is 46.1 Å². The van der Waals surface area contributed by atoms with Crippen molar-refractivity contribution in [3.63, 3.8) is 0 Å². The summed E-state index contributed by atoms with van der Waals surface area (Å²) in [4.78, 5) is 30.1. The van der Waals surface area contributed by atoms with Crippen LogP contribution < -0.4 is 15.0 Å². The lowest BCUT2D eigenvalue weighted by molar-refractivity contribution is -0.150. The van der Waals surface area contributed by atoms with E-state index in [1.165, 1.54) is 18.0 Å². The zero-order valence-electron chi connectivity index (χ0n) is 19.7. The Hall–Kier alpha value is -3.20. The molecule has 0 aliphatic heterocycles. The van der Waals surface area contributed by atoms with E-state index >= 15 is 0 Å². The zero-order valence-corrected chi connectivity index (χ0v) is 21.3. The highest BCUT2D eigenvalue weighted by Crippen LogP contribution is 2.31. The number of benzene rings is 2. The van der Waals surface area contributed by atoms with Gasteiger partial charge in [-0.15, -0.1) is 0 Å². The fourth-order valence-corrected chi connectivity index (χ4v) is 3.70. The summed E-state index contributed by atoms with van der Waals surface area (Å²) >= 11 is 3.42. The van der Waals surface area contributed by atoms with Crippen LogP contribution >= 0.6 is 15.9 Å². The maximum atomic E-state index is 13.3. The number of carbonyl (C=O) groups is 1. The van der Waals surface area contributed by atoms with E-state index in [-0.39, 0.29) is 12.2 Å². The summed E-state index contributed by atoms with van der Waals surface area (Å²) in [6.45, 7) is 5.66. The van der Waals surface area contributed by atoms with Gasteiger partial charge in [-0.25, -0.2) is 9.78 Å². The average Bonchev–Trinajstić information content (AvgIpc) is 2.83. The van der Waals surface area contributed by atoms with Gasteiger partial charge in [0.05, 0.1) is 30.8 Å². The van der Waals surface area contributed by atoms with Crippen molar-refractivity contribution >= 4 is 39.0 Å². The van der Waals surface area contributed by atoms with Gasteiger partial charge in [0.25, 0.3) is 5.56 Å². The lowest BCUT2D eigenvalue weighted by Gasteiger charge is -2.17. The van der Waals surface area contributed by atoms with E-state index in [0.717, 1.165) is 17.3 Å². The average molecular weight is 530 g/mol. The molecule has 0 bridgehead atoms. The van der Waals surface area contributed by atoms with Crippen LogP contribution in [-0.2, 0) is 16.0 Å². The lowest BCUT2D eigenvalue weighted by atomic mass is 10.2. The molecule has 0 saturated carbocycles. The maximum Gasteiger partial charge on any atom is 0.347 e. The molecule has 9 heteroatoms. The number of carbonyl (C=O) groups excluding carboxylic acids is 1. The molecule has 3 aromatic rings. The second-order valence-corrected chi connectivity index (χ2v) is 8.46. The summed E-state index contributed by atoms with van der Waals surface area (Å²) in [6.07, 6.45) is 3.09. The number of aryl methyl sites for hydroxylation is 1. The molecule has 1 heterocycles. The Morgan fingerprint density at radius 3 is 2.76 bits per heavy atom. The van der Waals surface area contributed by atoms with Gasteiger partial charge in [-0.2, -0.15) is 9.78 Å². The van der Waals surface area contributed by atoms with Crippen LogP contribution in [0.15, 0.2) is 50.8 Å². The van der Waals surface area contributed by atoms with Gasteiger partial charge in [0.2, 0.25) is 0 Å². The summed E-state index contributed by atoms with van der Waals surface area (Å²) in [7, 11) is 1.51. The van der Waals surface area contributed by atoms with Gasteiger partial charge >= 0.3 is 5.97 Å². The molecule has 180 valence electrons. The van der Waals surface area contributed by atoms with Gasteiger partial charge < -0.3 is 14.2 Å². The molecule has 8 nitrogen and oxygen atoms in total. The fourth-order valence-electron chi connectivity index (χ4n) is 3.34. The number of rotatable bonds is 10. The molecule has 0 amide bonds. The molecule has 3 rings (SSSR count). The molecule has 0 unspecified atom stereocenters. The van der Waals surface area contributed by atoms with Crippen LogP contribution in [0.2, 0.25) is 0 Å². The molecular weight excluding hydrogens is 502 g/mol. The topological polar surface area (TPSA) is 92.0 Å². The molecule has 0 radical (unpaired) electrons. The van der Waals surface area contributed by atoms with E-state index in [1.54, 1.807) is 38.1 Å².